The van der Waals surface area contributed by atoms with Crippen molar-refractivity contribution in [2.24, 2.45) is 5.92 Å². The van der Waals surface area contributed by atoms with E-state index in [1.54, 1.807) is 38.1 Å². The van der Waals surface area contributed by atoms with Gasteiger partial charge >= 0.3 is 11.9 Å². The molecule has 0 saturated carbocycles. The van der Waals surface area contributed by atoms with Gasteiger partial charge in [-0.2, -0.15) is 8.78 Å². The maximum absolute atomic E-state index is 13.5. The number of benzene rings is 2. The summed E-state index contributed by atoms with van der Waals surface area (Å²) in [4.78, 5) is 47.0. The van der Waals surface area contributed by atoms with Crippen LogP contribution in [0.5, 0.6) is 5.75 Å². The minimum absolute atomic E-state index is 0.0717. The zero-order chi connectivity index (χ0) is 31.9. The second-order valence-corrected chi connectivity index (χ2v) is 9.21. The second kappa shape index (κ2) is 17.8. The van der Waals surface area contributed by atoms with Crippen molar-refractivity contribution in [2.45, 2.75) is 39.7 Å². The summed E-state index contributed by atoms with van der Waals surface area (Å²) < 4.78 is 86.1. The average molecular weight is 619 g/mol. The normalized spacial score (nSPS) is 10.9. The number of halogens is 5. The number of nitrogens with one attached hydrogen (secondary N) is 2. The highest BCUT2D eigenvalue weighted by molar-refractivity contribution is 5.90. The van der Waals surface area contributed by atoms with E-state index in [0.29, 0.717) is 5.69 Å². The third-order valence-corrected chi connectivity index (χ3v) is 5.44. The van der Waals surface area contributed by atoms with Gasteiger partial charge in [0.1, 0.15) is 6.61 Å². The maximum atomic E-state index is 13.5. The number of esters is 2. The molecular formula is C28H31F5N2O8. The van der Waals surface area contributed by atoms with Crippen molar-refractivity contribution in [1.82, 2.24) is 5.32 Å². The van der Waals surface area contributed by atoms with Crippen molar-refractivity contribution in [3.8, 4) is 5.75 Å². The van der Waals surface area contributed by atoms with Gasteiger partial charge in [0.25, 0.3) is 0 Å². The van der Waals surface area contributed by atoms with E-state index in [1.165, 1.54) is 0 Å². The molecule has 0 bridgehead atoms. The predicted molar refractivity (Wildman–Crippen MR) is 140 cm³/mol. The molecule has 43 heavy (non-hydrogen) atoms. The van der Waals surface area contributed by atoms with Gasteiger partial charge < -0.3 is 29.6 Å². The lowest BCUT2D eigenvalue weighted by Crippen LogP contribution is -2.28. The number of hydrogen-bond donors (Lipinski definition) is 2. The Kier molecular flexibility index (Phi) is 14.5. The minimum atomic E-state index is -2.38. The first kappa shape index (κ1) is 35.1. The van der Waals surface area contributed by atoms with Crippen molar-refractivity contribution in [1.29, 1.82) is 0 Å². The number of amides is 2. The summed E-state index contributed by atoms with van der Waals surface area (Å²) in [5.74, 6) is -15.7. The van der Waals surface area contributed by atoms with Gasteiger partial charge in [0.05, 0.1) is 45.2 Å². The van der Waals surface area contributed by atoms with E-state index in [4.69, 9.17) is 14.2 Å². The standard InChI is InChI=1S/C28H31F5N2O8/c1-16(2)28(39)42-15-17-3-5-18(6-4-17)35-20(37)8-12-41-14-10-34-19(36)7-11-40-13-9-21(38)43-27-25(32)23(30)22(29)24(31)26(27)33/h3-6,16H,7-15H2,1-2H3,(H,34,36)(H,35,37). The summed E-state index contributed by atoms with van der Waals surface area (Å²) in [6.45, 7) is 3.53. The van der Waals surface area contributed by atoms with Crippen LogP contribution in [0.3, 0.4) is 0 Å². The highest BCUT2D eigenvalue weighted by Gasteiger charge is 2.28. The molecule has 2 aromatic carbocycles. The van der Waals surface area contributed by atoms with E-state index in [2.05, 4.69) is 15.4 Å². The molecule has 0 aliphatic rings. The molecule has 2 aromatic rings. The lowest BCUT2D eigenvalue weighted by Gasteiger charge is -2.10. The SMILES string of the molecule is CC(C)C(=O)OCc1ccc(NC(=O)CCOCCNC(=O)CCOCCC(=O)Oc2c(F)c(F)c(F)c(F)c2F)cc1. The average Bonchev–Trinajstić information content (AvgIpc) is 2.98. The summed E-state index contributed by atoms with van der Waals surface area (Å²) in [6.07, 6.45) is -0.611. The van der Waals surface area contributed by atoms with Crippen molar-refractivity contribution in [2.75, 3.05) is 38.3 Å². The Hall–Kier alpha value is -4.11. The Morgan fingerprint density at radius 3 is 1.86 bits per heavy atom. The van der Waals surface area contributed by atoms with Crippen LogP contribution in [0.1, 0.15) is 38.7 Å². The quantitative estimate of drug-likeness (QED) is 0.0682. The summed E-state index contributed by atoms with van der Waals surface area (Å²) in [5, 5.41) is 5.26. The van der Waals surface area contributed by atoms with Crippen LogP contribution < -0.4 is 15.4 Å². The van der Waals surface area contributed by atoms with Gasteiger partial charge in [-0.3, -0.25) is 19.2 Å². The Bertz CT molecular complexity index is 1250. The first-order valence-electron chi connectivity index (χ1n) is 13.1. The zero-order valence-electron chi connectivity index (χ0n) is 23.4. The third-order valence-electron chi connectivity index (χ3n) is 5.44. The predicted octanol–water partition coefficient (Wildman–Crippen LogP) is 3.95. The van der Waals surface area contributed by atoms with E-state index in [0.717, 1.165) is 5.56 Å². The Labute approximate surface area is 243 Å². The van der Waals surface area contributed by atoms with E-state index in [1.807, 2.05) is 0 Å². The van der Waals surface area contributed by atoms with Gasteiger partial charge in [-0.25, -0.2) is 13.2 Å². The van der Waals surface area contributed by atoms with Crippen molar-refractivity contribution in [3.05, 3.63) is 58.9 Å². The van der Waals surface area contributed by atoms with Crippen molar-refractivity contribution < 1.29 is 60.1 Å². The molecule has 0 heterocycles. The largest absolute Gasteiger partial charge is 0.461 e. The van der Waals surface area contributed by atoms with Gasteiger partial charge in [-0.1, -0.05) is 26.0 Å². The third kappa shape index (κ3) is 12.0. The van der Waals surface area contributed by atoms with Crippen LogP contribution in [0.25, 0.3) is 0 Å². The molecule has 0 radical (unpaired) electrons. The molecule has 2 amide bonds. The number of ether oxygens (including phenoxy) is 4. The van der Waals surface area contributed by atoms with Crippen LogP contribution in [0.4, 0.5) is 27.6 Å². The summed E-state index contributed by atoms with van der Waals surface area (Å²) in [7, 11) is 0. The molecule has 0 spiro atoms. The topological polar surface area (TPSA) is 129 Å². The highest BCUT2D eigenvalue weighted by Crippen LogP contribution is 2.29. The zero-order valence-corrected chi connectivity index (χ0v) is 23.4. The molecule has 0 aliphatic carbocycles. The van der Waals surface area contributed by atoms with Crippen LogP contribution >= 0.6 is 0 Å². The van der Waals surface area contributed by atoms with Crippen molar-refractivity contribution in [3.63, 3.8) is 0 Å². The molecule has 2 rings (SSSR count). The Balaban J connectivity index is 1.51. The number of carbonyl (C=O) groups is 4. The van der Waals surface area contributed by atoms with Gasteiger partial charge in [-0.15, -0.1) is 0 Å². The second-order valence-electron chi connectivity index (χ2n) is 9.21. The fourth-order valence-corrected chi connectivity index (χ4v) is 3.11. The smallest absolute Gasteiger partial charge is 0.313 e. The summed E-state index contributed by atoms with van der Waals surface area (Å²) in [5.41, 5.74) is 1.34. The van der Waals surface area contributed by atoms with Gasteiger partial charge in [0.2, 0.25) is 46.6 Å². The molecule has 0 fully saturated rings. The molecule has 0 aliphatic heterocycles. The number of anilines is 1. The Morgan fingerprint density at radius 1 is 0.721 bits per heavy atom. The first-order chi connectivity index (χ1) is 20.4. The maximum Gasteiger partial charge on any atom is 0.313 e. The van der Waals surface area contributed by atoms with Crippen LogP contribution in [-0.2, 0) is 40.0 Å². The molecule has 15 heteroatoms. The van der Waals surface area contributed by atoms with Gasteiger partial charge in [-0.05, 0) is 17.7 Å². The first-order valence-corrected chi connectivity index (χ1v) is 13.1. The monoisotopic (exact) mass is 618 g/mol. The molecule has 236 valence electrons. The summed E-state index contributed by atoms with van der Waals surface area (Å²) >= 11 is 0. The van der Waals surface area contributed by atoms with Crippen LogP contribution in [0, 0.1) is 35.0 Å². The number of hydrogen-bond acceptors (Lipinski definition) is 8. The van der Waals surface area contributed by atoms with Gasteiger partial charge in [0.15, 0.2) is 0 Å². The van der Waals surface area contributed by atoms with E-state index < -0.39 is 53.1 Å². The summed E-state index contributed by atoms with van der Waals surface area (Å²) in [6, 6.07) is 6.83. The number of rotatable bonds is 17. The molecule has 10 nitrogen and oxygen atoms in total. The minimum Gasteiger partial charge on any atom is -0.461 e. The highest BCUT2D eigenvalue weighted by atomic mass is 19.2. The fourth-order valence-electron chi connectivity index (χ4n) is 3.11. The molecule has 0 unspecified atom stereocenters. The lowest BCUT2D eigenvalue weighted by molar-refractivity contribution is -0.148. The lowest BCUT2D eigenvalue weighted by atomic mass is 10.2. The van der Waals surface area contributed by atoms with Crippen molar-refractivity contribution >= 4 is 29.4 Å². The van der Waals surface area contributed by atoms with Crippen LogP contribution in [-0.4, -0.2) is 56.7 Å². The van der Waals surface area contributed by atoms with E-state index in [9.17, 15) is 41.1 Å². The fraction of sp³-hybridized carbons (Fsp3) is 0.429. The van der Waals surface area contributed by atoms with E-state index in [-0.39, 0.29) is 70.2 Å². The van der Waals surface area contributed by atoms with Crippen LogP contribution in [0.15, 0.2) is 24.3 Å². The molecule has 0 aromatic heterocycles. The molecular weight excluding hydrogens is 587 g/mol. The van der Waals surface area contributed by atoms with Crippen LogP contribution in [0.2, 0.25) is 0 Å². The van der Waals surface area contributed by atoms with E-state index >= 15 is 0 Å². The Morgan fingerprint density at radius 2 is 1.26 bits per heavy atom. The molecule has 2 N–H and O–H groups in total. The van der Waals surface area contributed by atoms with Gasteiger partial charge in [0, 0.05) is 18.7 Å². The molecule has 0 saturated heterocycles. The number of carbonyl (C=O) groups excluding carboxylic acids is 4. The molecule has 0 atom stereocenters.